The molecule has 0 amide bonds. The van der Waals surface area contributed by atoms with Gasteiger partial charge in [-0.25, -0.2) is 13.1 Å². The predicted molar refractivity (Wildman–Crippen MR) is 64.3 cm³/mol. The topological polar surface area (TPSA) is 76.0 Å². The molecule has 0 aliphatic carbocycles. The Hall–Kier alpha value is -0.920. The van der Waals surface area contributed by atoms with Gasteiger partial charge in [-0.1, -0.05) is 0 Å². The number of aryl methyl sites for hydroxylation is 2. The van der Waals surface area contributed by atoms with Crippen LogP contribution in [0, 0.1) is 13.8 Å². The summed E-state index contributed by atoms with van der Waals surface area (Å²) in [6.45, 7) is 5.03. The Morgan fingerprint density at radius 1 is 1.47 bits per heavy atom. The first kappa shape index (κ1) is 12.5. The third kappa shape index (κ3) is 2.36. The molecule has 1 aliphatic rings. The highest BCUT2D eigenvalue weighted by Gasteiger charge is 2.27. The molecule has 6 nitrogen and oxygen atoms in total. The molecule has 2 N–H and O–H groups in total. The van der Waals surface area contributed by atoms with Gasteiger partial charge in [0.15, 0.2) is 0 Å². The second-order valence-corrected chi connectivity index (χ2v) is 6.09. The zero-order valence-corrected chi connectivity index (χ0v) is 11.1. The molecule has 0 unspecified atom stereocenters. The molecule has 1 aromatic heterocycles. The highest BCUT2D eigenvalue weighted by atomic mass is 32.2. The van der Waals surface area contributed by atoms with E-state index >= 15 is 0 Å². The molecular formula is C10H18N4O2S. The molecule has 1 saturated heterocycles. The van der Waals surface area contributed by atoms with E-state index < -0.39 is 10.0 Å². The van der Waals surface area contributed by atoms with Crippen LogP contribution in [-0.2, 0) is 17.1 Å². The Kier molecular flexibility index (Phi) is 3.24. The minimum absolute atomic E-state index is 0.0148. The van der Waals surface area contributed by atoms with Gasteiger partial charge in [0.1, 0.15) is 4.90 Å². The monoisotopic (exact) mass is 258 g/mol. The standard InChI is InChI=1S/C10H18N4O2S/c1-7-10(8(2)14(3)12-7)17(15,16)13-9-4-5-11-6-9/h9,11,13H,4-6H2,1-3H3/t9-/m0/s1. The van der Waals surface area contributed by atoms with E-state index in [-0.39, 0.29) is 6.04 Å². The zero-order valence-electron chi connectivity index (χ0n) is 10.3. The molecule has 0 aromatic carbocycles. The molecule has 0 saturated carbocycles. The molecule has 2 heterocycles. The van der Waals surface area contributed by atoms with Gasteiger partial charge < -0.3 is 5.32 Å². The van der Waals surface area contributed by atoms with Crippen LogP contribution in [0.4, 0.5) is 0 Å². The first-order valence-corrected chi connectivity index (χ1v) is 7.13. The minimum Gasteiger partial charge on any atom is -0.315 e. The fourth-order valence-corrected chi connectivity index (χ4v) is 3.89. The second kappa shape index (κ2) is 4.40. The number of nitrogens with one attached hydrogen (secondary N) is 2. The van der Waals surface area contributed by atoms with Crippen molar-refractivity contribution in [3.63, 3.8) is 0 Å². The summed E-state index contributed by atoms with van der Waals surface area (Å²) in [5.74, 6) is 0. The van der Waals surface area contributed by atoms with Crippen molar-refractivity contribution in [2.75, 3.05) is 13.1 Å². The normalized spacial score (nSPS) is 21.0. The van der Waals surface area contributed by atoms with Gasteiger partial charge in [0.2, 0.25) is 10.0 Å². The van der Waals surface area contributed by atoms with E-state index in [0.29, 0.717) is 22.8 Å². The maximum Gasteiger partial charge on any atom is 0.244 e. The number of sulfonamides is 1. The van der Waals surface area contributed by atoms with Crippen molar-refractivity contribution in [1.29, 1.82) is 0 Å². The number of nitrogens with zero attached hydrogens (tertiary/aromatic N) is 2. The van der Waals surface area contributed by atoms with Crippen LogP contribution in [0.2, 0.25) is 0 Å². The first-order valence-electron chi connectivity index (χ1n) is 5.65. The summed E-state index contributed by atoms with van der Waals surface area (Å²) in [5.41, 5.74) is 1.21. The average Bonchev–Trinajstić information content (AvgIpc) is 2.76. The largest absolute Gasteiger partial charge is 0.315 e. The van der Waals surface area contributed by atoms with E-state index in [9.17, 15) is 8.42 Å². The molecular weight excluding hydrogens is 240 g/mol. The van der Waals surface area contributed by atoms with Crippen LogP contribution in [0.15, 0.2) is 4.90 Å². The van der Waals surface area contributed by atoms with E-state index in [2.05, 4.69) is 15.1 Å². The van der Waals surface area contributed by atoms with Crippen molar-refractivity contribution in [2.24, 2.45) is 7.05 Å². The van der Waals surface area contributed by atoms with E-state index in [0.717, 1.165) is 13.0 Å². The molecule has 7 heteroatoms. The summed E-state index contributed by atoms with van der Waals surface area (Å²) in [6, 6.07) is -0.0148. The summed E-state index contributed by atoms with van der Waals surface area (Å²) >= 11 is 0. The molecule has 1 aliphatic heterocycles. The van der Waals surface area contributed by atoms with Gasteiger partial charge in [-0.2, -0.15) is 5.10 Å². The van der Waals surface area contributed by atoms with Crippen LogP contribution in [0.1, 0.15) is 17.8 Å². The van der Waals surface area contributed by atoms with Crippen LogP contribution >= 0.6 is 0 Å². The lowest BCUT2D eigenvalue weighted by molar-refractivity contribution is 0.558. The molecule has 2 rings (SSSR count). The lowest BCUT2D eigenvalue weighted by Crippen LogP contribution is -2.36. The third-order valence-electron chi connectivity index (χ3n) is 3.09. The van der Waals surface area contributed by atoms with E-state index in [1.54, 1.807) is 25.6 Å². The smallest absolute Gasteiger partial charge is 0.244 e. The number of aromatic nitrogens is 2. The molecule has 1 atom stereocenters. The molecule has 17 heavy (non-hydrogen) atoms. The number of hydrogen-bond acceptors (Lipinski definition) is 4. The van der Waals surface area contributed by atoms with Crippen molar-refractivity contribution < 1.29 is 8.42 Å². The highest BCUT2D eigenvalue weighted by Crippen LogP contribution is 2.19. The fourth-order valence-electron chi connectivity index (χ4n) is 2.18. The maximum absolute atomic E-state index is 12.3. The fraction of sp³-hybridized carbons (Fsp3) is 0.700. The Morgan fingerprint density at radius 3 is 2.65 bits per heavy atom. The minimum atomic E-state index is -3.46. The Balaban J connectivity index is 2.30. The number of hydrogen-bond donors (Lipinski definition) is 2. The summed E-state index contributed by atoms with van der Waals surface area (Å²) in [6.07, 6.45) is 0.831. The molecule has 0 spiro atoms. The predicted octanol–water partition coefficient (Wildman–Crippen LogP) is -0.323. The summed E-state index contributed by atoms with van der Waals surface area (Å²) in [7, 11) is -1.71. The Morgan fingerprint density at radius 2 is 2.18 bits per heavy atom. The van der Waals surface area contributed by atoms with Gasteiger partial charge >= 0.3 is 0 Å². The first-order chi connectivity index (χ1) is 7.92. The SMILES string of the molecule is Cc1nn(C)c(C)c1S(=O)(=O)N[C@H]1CCNC1. The second-order valence-electron chi connectivity index (χ2n) is 4.43. The quantitative estimate of drug-likeness (QED) is 0.779. The van der Waals surface area contributed by atoms with Crippen molar-refractivity contribution in [2.45, 2.75) is 31.2 Å². The van der Waals surface area contributed by atoms with E-state index in [4.69, 9.17) is 0 Å². The van der Waals surface area contributed by atoms with Gasteiger partial charge in [-0.15, -0.1) is 0 Å². The van der Waals surface area contributed by atoms with Crippen molar-refractivity contribution in [3.8, 4) is 0 Å². The van der Waals surface area contributed by atoms with Crippen molar-refractivity contribution in [1.82, 2.24) is 19.8 Å². The van der Waals surface area contributed by atoms with Crippen LogP contribution in [0.5, 0.6) is 0 Å². The molecule has 96 valence electrons. The lowest BCUT2D eigenvalue weighted by atomic mass is 10.3. The van der Waals surface area contributed by atoms with Crippen LogP contribution in [0.3, 0.4) is 0 Å². The molecule has 0 radical (unpaired) electrons. The van der Waals surface area contributed by atoms with Gasteiger partial charge in [-0.05, 0) is 26.8 Å². The average molecular weight is 258 g/mol. The Bertz CT molecular complexity index is 515. The van der Waals surface area contributed by atoms with Gasteiger partial charge in [0, 0.05) is 19.6 Å². The lowest BCUT2D eigenvalue weighted by Gasteiger charge is -2.12. The van der Waals surface area contributed by atoms with Crippen LogP contribution in [-0.4, -0.2) is 37.3 Å². The maximum atomic E-state index is 12.3. The Labute approximate surface area is 101 Å². The summed E-state index contributed by atoms with van der Waals surface area (Å²) in [5, 5.41) is 7.27. The van der Waals surface area contributed by atoms with Crippen molar-refractivity contribution in [3.05, 3.63) is 11.4 Å². The van der Waals surface area contributed by atoms with E-state index in [1.807, 2.05) is 0 Å². The summed E-state index contributed by atoms with van der Waals surface area (Å²) < 4.78 is 28.8. The number of rotatable bonds is 3. The molecule has 1 aromatic rings. The molecule has 1 fully saturated rings. The van der Waals surface area contributed by atoms with E-state index in [1.165, 1.54) is 0 Å². The van der Waals surface area contributed by atoms with Crippen molar-refractivity contribution >= 4 is 10.0 Å². The zero-order chi connectivity index (χ0) is 12.6. The van der Waals surface area contributed by atoms with Gasteiger partial charge in [0.05, 0.1) is 11.4 Å². The van der Waals surface area contributed by atoms with Crippen LogP contribution < -0.4 is 10.0 Å². The van der Waals surface area contributed by atoms with Gasteiger partial charge in [0.25, 0.3) is 0 Å². The summed E-state index contributed by atoms with van der Waals surface area (Å²) in [4.78, 5) is 0.312. The highest BCUT2D eigenvalue weighted by molar-refractivity contribution is 7.89. The van der Waals surface area contributed by atoms with Gasteiger partial charge in [-0.3, -0.25) is 4.68 Å². The third-order valence-corrected chi connectivity index (χ3v) is 4.87. The molecule has 0 bridgehead atoms. The van der Waals surface area contributed by atoms with Crippen LogP contribution in [0.25, 0.3) is 0 Å².